The fourth-order valence-electron chi connectivity index (χ4n) is 1.70. The Bertz CT molecular complexity index is 402. The van der Waals surface area contributed by atoms with Crippen LogP contribution in [0, 0.1) is 17.3 Å². The molecule has 94 valence electrons. The van der Waals surface area contributed by atoms with Crippen LogP contribution in [0.25, 0.3) is 0 Å². The molecule has 1 rings (SSSR count). The van der Waals surface area contributed by atoms with Crippen molar-refractivity contribution >= 4 is 17.8 Å². The Labute approximate surface area is 129 Å². The van der Waals surface area contributed by atoms with Crippen LogP contribution in [0.1, 0.15) is 27.7 Å². The Morgan fingerprint density at radius 3 is 2.22 bits per heavy atom. The first-order chi connectivity index (χ1) is 7.80. The molecule has 2 amide bonds. The number of allylic oxidation sites excluding steroid dienone is 1. The molecule has 18 heavy (non-hydrogen) atoms. The van der Waals surface area contributed by atoms with E-state index in [2.05, 4.69) is 10.3 Å². The van der Waals surface area contributed by atoms with E-state index in [0.717, 1.165) is 0 Å². The third-order valence-corrected chi connectivity index (χ3v) is 2.81. The fraction of sp³-hybridized carbons (Fsp3) is 0.583. The van der Waals surface area contributed by atoms with Crippen molar-refractivity contribution in [1.82, 2.24) is 5.32 Å². The van der Waals surface area contributed by atoms with Gasteiger partial charge in [0, 0.05) is 0 Å². The number of amidine groups is 1. The molecule has 0 saturated carbocycles. The number of aliphatic imine (C=N–C) groups is 1. The maximum atomic E-state index is 11.9. The maximum absolute atomic E-state index is 11.9. The molecule has 0 radical (unpaired) electrons. The SMILES string of the molecule is CC(C)C=CC1(C(C)C)C(=O)N=C([O-])NC1=O.[Na+]. The molecule has 0 bridgehead atoms. The molecule has 1 N–H and O–H groups in total. The first kappa shape index (κ1) is 17.4. The van der Waals surface area contributed by atoms with Gasteiger partial charge in [0.2, 0.25) is 5.91 Å². The minimum Gasteiger partial charge on any atom is -0.846 e. The smallest absolute Gasteiger partial charge is 0.846 e. The summed E-state index contributed by atoms with van der Waals surface area (Å²) in [4.78, 5) is 27.1. The molecule has 0 saturated heterocycles. The third kappa shape index (κ3) is 3.22. The van der Waals surface area contributed by atoms with Crippen molar-refractivity contribution in [2.75, 3.05) is 0 Å². The molecule has 1 atom stereocenters. The zero-order chi connectivity index (χ0) is 13.2. The van der Waals surface area contributed by atoms with Crippen molar-refractivity contribution in [3.63, 3.8) is 0 Å². The molecule has 0 aromatic heterocycles. The van der Waals surface area contributed by atoms with Crippen LogP contribution < -0.4 is 40.0 Å². The molecule has 6 heteroatoms. The minimum atomic E-state index is -1.35. The Hall–Kier alpha value is -0.650. The number of hydrogen-bond donors (Lipinski definition) is 1. The summed E-state index contributed by atoms with van der Waals surface area (Å²) in [7, 11) is 0. The monoisotopic (exact) mass is 260 g/mol. The molecule has 1 aliphatic rings. The van der Waals surface area contributed by atoms with Crippen LogP contribution in [-0.2, 0) is 9.59 Å². The predicted octanol–water partition coefficient (Wildman–Crippen LogP) is -2.78. The van der Waals surface area contributed by atoms with Crippen molar-refractivity contribution in [3.8, 4) is 0 Å². The van der Waals surface area contributed by atoms with Crippen LogP contribution in [0.4, 0.5) is 0 Å². The molecule has 0 spiro atoms. The van der Waals surface area contributed by atoms with Crippen molar-refractivity contribution in [3.05, 3.63) is 12.2 Å². The molecular weight excluding hydrogens is 243 g/mol. The quantitative estimate of drug-likeness (QED) is 0.338. The number of amides is 2. The van der Waals surface area contributed by atoms with Crippen LogP contribution in [0.2, 0.25) is 0 Å². The standard InChI is InChI=1S/C12H18N2O3.Na/c1-7(2)5-6-12(8(3)4)9(15)13-11(17)14-10(12)16;/h5-8H,1-4H3,(H2,13,14,15,16,17);/q;+1/p-1. The van der Waals surface area contributed by atoms with E-state index in [1.165, 1.54) is 0 Å². The zero-order valence-corrected chi connectivity index (χ0v) is 13.5. The molecule has 0 fully saturated rings. The Kier molecular flexibility index (Phi) is 6.26. The van der Waals surface area contributed by atoms with Gasteiger partial charge in [-0.25, -0.2) is 4.99 Å². The molecular formula is C12H17N2NaO3. The molecule has 5 nitrogen and oxygen atoms in total. The summed E-state index contributed by atoms with van der Waals surface area (Å²) < 4.78 is 0. The van der Waals surface area contributed by atoms with E-state index in [0.29, 0.717) is 0 Å². The van der Waals surface area contributed by atoms with Gasteiger partial charge >= 0.3 is 29.6 Å². The summed E-state index contributed by atoms with van der Waals surface area (Å²) in [6.45, 7) is 7.40. The number of rotatable bonds is 3. The number of hydrogen-bond acceptors (Lipinski definition) is 3. The van der Waals surface area contributed by atoms with Crippen molar-refractivity contribution < 1.29 is 44.3 Å². The first-order valence-electron chi connectivity index (χ1n) is 5.61. The molecule has 1 aliphatic heterocycles. The van der Waals surface area contributed by atoms with Gasteiger partial charge in [0.05, 0.1) is 6.02 Å². The van der Waals surface area contributed by atoms with Gasteiger partial charge in [0.25, 0.3) is 5.91 Å². The Morgan fingerprint density at radius 1 is 1.28 bits per heavy atom. The second kappa shape index (κ2) is 6.50. The fourth-order valence-corrected chi connectivity index (χ4v) is 1.70. The summed E-state index contributed by atoms with van der Waals surface area (Å²) in [5.41, 5.74) is -1.35. The van der Waals surface area contributed by atoms with Crippen molar-refractivity contribution in [2.45, 2.75) is 27.7 Å². The molecule has 1 unspecified atom stereocenters. The number of nitrogens with zero attached hydrogens (tertiary/aromatic N) is 1. The summed E-state index contributed by atoms with van der Waals surface area (Å²) in [5, 5.41) is 13.1. The second-order valence-electron chi connectivity index (χ2n) is 4.80. The van der Waals surface area contributed by atoms with Gasteiger partial charge in [0.1, 0.15) is 0 Å². The van der Waals surface area contributed by atoms with Crippen molar-refractivity contribution in [1.29, 1.82) is 0 Å². The van der Waals surface area contributed by atoms with Gasteiger partial charge in [-0.15, -0.1) is 0 Å². The van der Waals surface area contributed by atoms with Crippen LogP contribution in [-0.4, -0.2) is 17.8 Å². The third-order valence-electron chi connectivity index (χ3n) is 2.81. The van der Waals surface area contributed by atoms with Gasteiger partial charge < -0.3 is 10.4 Å². The molecule has 1 heterocycles. The maximum Gasteiger partial charge on any atom is 1.00 e. The van der Waals surface area contributed by atoms with Gasteiger partial charge in [-0.3, -0.25) is 9.59 Å². The molecule has 0 aromatic carbocycles. The van der Waals surface area contributed by atoms with E-state index >= 15 is 0 Å². The first-order valence-corrected chi connectivity index (χ1v) is 5.61. The zero-order valence-electron chi connectivity index (χ0n) is 11.5. The van der Waals surface area contributed by atoms with Crippen molar-refractivity contribution in [2.24, 2.45) is 22.2 Å². The number of carbonyl (C=O) groups is 2. The minimum absolute atomic E-state index is 0. The average Bonchev–Trinajstić information content (AvgIpc) is 2.15. The van der Waals surface area contributed by atoms with E-state index in [1.54, 1.807) is 26.0 Å². The topological polar surface area (TPSA) is 81.6 Å². The Morgan fingerprint density at radius 2 is 1.83 bits per heavy atom. The largest absolute Gasteiger partial charge is 1.00 e. The van der Waals surface area contributed by atoms with E-state index in [4.69, 9.17) is 0 Å². The normalized spacial score (nSPS) is 24.2. The second-order valence-corrected chi connectivity index (χ2v) is 4.80. The summed E-state index contributed by atoms with van der Waals surface area (Å²) in [6, 6.07) is -0.880. The number of carbonyl (C=O) groups excluding carboxylic acids is 2. The number of nitrogens with one attached hydrogen (secondary N) is 1. The van der Waals surface area contributed by atoms with Crippen LogP contribution in [0.5, 0.6) is 0 Å². The summed E-state index contributed by atoms with van der Waals surface area (Å²) in [6.07, 6.45) is 3.35. The van der Waals surface area contributed by atoms with E-state index in [1.807, 2.05) is 13.8 Å². The van der Waals surface area contributed by atoms with Crippen LogP contribution >= 0.6 is 0 Å². The van der Waals surface area contributed by atoms with Gasteiger partial charge in [0.15, 0.2) is 5.41 Å². The van der Waals surface area contributed by atoms with Crippen LogP contribution in [0.3, 0.4) is 0 Å². The average molecular weight is 260 g/mol. The van der Waals surface area contributed by atoms with E-state index in [-0.39, 0.29) is 41.4 Å². The van der Waals surface area contributed by atoms with Gasteiger partial charge in [-0.2, -0.15) is 0 Å². The molecule has 0 aromatic rings. The summed E-state index contributed by atoms with van der Waals surface area (Å²) >= 11 is 0. The molecule has 0 aliphatic carbocycles. The predicted molar refractivity (Wildman–Crippen MR) is 61.8 cm³/mol. The Balaban J connectivity index is 0.00000289. The van der Waals surface area contributed by atoms with Gasteiger partial charge in [-0.1, -0.05) is 39.8 Å². The van der Waals surface area contributed by atoms with E-state index in [9.17, 15) is 14.7 Å². The van der Waals surface area contributed by atoms with Gasteiger partial charge in [-0.05, 0) is 11.8 Å². The van der Waals surface area contributed by atoms with Crippen LogP contribution in [0.15, 0.2) is 17.1 Å². The van der Waals surface area contributed by atoms with E-state index < -0.39 is 23.3 Å². The summed E-state index contributed by atoms with van der Waals surface area (Å²) in [5.74, 6) is -1.32.